The maximum absolute atomic E-state index is 6.25. The number of benzene rings is 1. The number of aromatic nitrogens is 2. The highest BCUT2D eigenvalue weighted by atomic mass is 35.5. The maximum Gasteiger partial charge on any atom is 0.208 e. The summed E-state index contributed by atoms with van der Waals surface area (Å²) >= 11 is 13.7. The summed E-state index contributed by atoms with van der Waals surface area (Å²) in [4.78, 5) is 10.8. The van der Waals surface area contributed by atoms with E-state index in [0.717, 1.165) is 15.5 Å². The van der Waals surface area contributed by atoms with Crippen molar-refractivity contribution in [1.82, 2.24) is 26.5 Å². The molecule has 0 aliphatic carbocycles. The molecule has 1 aliphatic heterocycles. The Hall–Kier alpha value is -1.74. The van der Waals surface area contributed by atoms with Gasteiger partial charge in [-0.2, -0.15) is 0 Å². The van der Waals surface area contributed by atoms with E-state index in [2.05, 4.69) is 36.9 Å². The molecule has 0 atom stereocenters. The van der Waals surface area contributed by atoms with E-state index in [9.17, 15) is 0 Å². The van der Waals surface area contributed by atoms with E-state index in [0.29, 0.717) is 27.5 Å². The number of aryl methyl sites for hydroxylation is 1. The molecule has 1 aromatic heterocycles. The fourth-order valence-corrected chi connectivity index (χ4v) is 3.41. The maximum atomic E-state index is 6.25. The lowest BCUT2D eigenvalue weighted by Gasteiger charge is -2.13. The molecule has 2 aromatic rings. The van der Waals surface area contributed by atoms with Crippen molar-refractivity contribution in [1.29, 1.82) is 0 Å². The van der Waals surface area contributed by atoms with E-state index >= 15 is 0 Å². The average molecular weight is 370 g/mol. The Morgan fingerprint density at radius 1 is 1.22 bits per heavy atom. The highest BCUT2D eigenvalue weighted by Gasteiger charge is 2.18. The largest absolute Gasteiger partial charge is 0.372 e. The number of nitrogens with zero attached hydrogens (tertiary/aromatic N) is 3. The van der Waals surface area contributed by atoms with Gasteiger partial charge in [0.15, 0.2) is 0 Å². The van der Waals surface area contributed by atoms with Crippen LogP contribution in [0.15, 0.2) is 33.1 Å². The third kappa shape index (κ3) is 3.45. The summed E-state index contributed by atoms with van der Waals surface area (Å²) in [5.74, 6) is 1.70. The van der Waals surface area contributed by atoms with E-state index in [1.807, 2.05) is 13.0 Å². The van der Waals surface area contributed by atoms with Gasteiger partial charge in [0.05, 0.1) is 15.6 Å². The summed E-state index contributed by atoms with van der Waals surface area (Å²) < 4.78 is 0. The highest BCUT2D eigenvalue weighted by Crippen LogP contribution is 2.38. The van der Waals surface area contributed by atoms with Gasteiger partial charge in [0.25, 0.3) is 0 Å². The molecule has 1 aliphatic rings. The summed E-state index contributed by atoms with van der Waals surface area (Å²) in [6, 6.07) is 5.38. The van der Waals surface area contributed by atoms with Crippen LogP contribution in [0.3, 0.4) is 0 Å². The number of rotatable bonds is 4. The zero-order chi connectivity index (χ0) is 16.4. The molecular weight excluding hydrogens is 357 g/mol. The van der Waals surface area contributed by atoms with Gasteiger partial charge in [-0.05, 0) is 25.1 Å². The minimum absolute atomic E-state index is 0.482. The molecule has 2 heterocycles. The summed E-state index contributed by atoms with van der Waals surface area (Å²) in [6.45, 7) is 1.91. The monoisotopic (exact) mass is 369 g/mol. The van der Waals surface area contributed by atoms with Crippen LogP contribution in [0, 0.1) is 6.92 Å². The van der Waals surface area contributed by atoms with Gasteiger partial charge < -0.3 is 5.32 Å². The van der Waals surface area contributed by atoms with Crippen molar-refractivity contribution in [2.75, 3.05) is 12.4 Å². The number of anilines is 1. The molecule has 0 saturated carbocycles. The Labute approximate surface area is 147 Å². The van der Waals surface area contributed by atoms with Crippen molar-refractivity contribution in [3.8, 4) is 0 Å². The Morgan fingerprint density at radius 2 is 2.04 bits per heavy atom. The fourth-order valence-electron chi connectivity index (χ4n) is 1.93. The van der Waals surface area contributed by atoms with Crippen molar-refractivity contribution >= 4 is 46.6 Å². The molecule has 7 nitrogen and oxygen atoms in total. The van der Waals surface area contributed by atoms with Crippen LogP contribution in [0.1, 0.15) is 11.5 Å². The van der Waals surface area contributed by atoms with E-state index in [4.69, 9.17) is 23.2 Å². The van der Waals surface area contributed by atoms with Gasteiger partial charge in [-0.25, -0.2) is 15.5 Å². The minimum atomic E-state index is 0.482. The van der Waals surface area contributed by atoms with Gasteiger partial charge in [0.1, 0.15) is 5.82 Å². The summed E-state index contributed by atoms with van der Waals surface area (Å²) in [5, 5.41) is 8.28. The molecule has 23 heavy (non-hydrogen) atoms. The number of hydrogen-bond acceptors (Lipinski definition) is 8. The molecule has 0 amide bonds. The van der Waals surface area contributed by atoms with Crippen LogP contribution >= 0.6 is 35.0 Å². The number of hydrazone groups is 1. The predicted octanol–water partition coefficient (Wildman–Crippen LogP) is 2.56. The summed E-state index contributed by atoms with van der Waals surface area (Å²) in [7, 11) is 1.81. The average Bonchev–Trinajstić information content (AvgIpc) is 3.05. The van der Waals surface area contributed by atoms with Crippen LogP contribution in [0.2, 0.25) is 10.0 Å². The molecule has 0 bridgehead atoms. The molecule has 0 unspecified atom stereocenters. The molecule has 4 N–H and O–H groups in total. The van der Waals surface area contributed by atoms with Crippen LogP contribution in [0.5, 0.6) is 0 Å². The number of halogens is 2. The first-order valence-electron chi connectivity index (χ1n) is 6.62. The molecule has 10 heteroatoms. The van der Waals surface area contributed by atoms with Gasteiger partial charge in [-0.3, -0.25) is 5.43 Å². The third-order valence-electron chi connectivity index (χ3n) is 2.99. The van der Waals surface area contributed by atoms with E-state index in [1.165, 1.54) is 11.8 Å². The number of nitrogens with one attached hydrogen (secondary N) is 4. The summed E-state index contributed by atoms with van der Waals surface area (Å²) in [5.41, 5.74) is 8.88. The van der Waals surface area contributed by atoms with Gasteiger partial charge in [0, 0.05) is 17.0 Å². The van der Waals surface area contributed by atoms with E-state index in [-0.39, 0.29) is 0 Å². The lowest BCUT2D eigenvalue weighted by molar-refractivity contribution is 0.577. The van der Waals surface area contributed by atoms with Crippen molar-refractivity contribution < 1.29 is 0 Å². The minimum Gasteiger partial charge on any atom is -0.372 e. The Balaban J connectivity index is 1.98. The Morgan fingerprint density at radius 3 is 2.70 bits per heavy atom. The van der Waals surface area contributed by atoms with Crippen LogP contribution in [-0.4, -0.2) is 22.9 Å². The van der Waals surface area contributed by atoms with Crippen molar-refractivity contribution in [3.05, 3.63) is 39.8 Å². The SMILES string of the molecule is CNc1nc(C2=NNNN2)nc(C)c1Sc1ccc(Cl)cc1Cl. The Bertz CT molecular complexity index is 781. The summed E-state index contributed by atoms with van der Waals surface area (Å²) in [6.07, 6.45) is 0. The van der Waals surface area contributed by atoms with Crippen molar-refractivity contribution in [2.24, 2.45) is 5.10 Å². The first-order chi connectivity index (χ1) is 11.1. The molecule has 0 spiro atoms. The quantitative estimate of drug-likeness (QED) is 0.658. The van der Waals surface area contributed by atoms with Crippen molar-refractivity contribution in [2.45, 2.75) is 16.7 Å². The van der Waals surface area contributed by atoms with E-state index in [1.54, 1.807) is 19.2 Å². The normalized spacial score (nSPS) is 13.3. The molecule has 0 radical (unpaired) electrons. The second-order valence-corrected chi connectivity index (χ2v) is 6.46. The number of hydrazine groups is 2. The second-order valence-electron chi connectivity index (χ2n) is 4.56. The second kappa shape index (κ2) is 6.79. The van der Waals surface area contributed by atoms with Gasteiger partial charge in [-0.1, -0.05) is 35.0 Å². The Kier molecular flexibility index (Phi) is 4.76. The van der Waals surface area contributed by atoms with Gasteiger partial charge >= 0.3 is 0 Å². The lowest BCUT2D eigenvalue weighted by atomic mass is 10.4. The zero-order valence-corrected chi connectivity index (χ0v) is 14.6. The number of hydrogen-bond donors (Lipinski definition) is 4. The first-order valence-corrected chi connectivity index (χ1v) is 8.19. The van der Waals surface area contributed by atoms with E-state index < -0.39 is 0 Å². The zero-order valence-electron chi connectivity index (χ0n) is 12.2. The number of amidine groups is 1. The lowest BCUT2D eigenvalue weighted by Crippen LogP contribution is -2.36. The van der Waals surface area contributed by atoms with Crippen LogP contribution in [0.25, 0.3) is 0 Å². The smallest absolute Gasteiger partial charge is 0.208 e. The van der Waals surface area contributed by atoms with Gasteiger partial charge in [-0.15, -0.1) is 10.6 Å². The van der Waals surface area contributed by atoms with Crippen LogP contribution in [0.4, 0.5) is 5.82 Å². The molecule has 3 rings (SSSR count). The topological polar surface area (TPSA) is 86.3 Å². The molecule has 120 valence electrons. The van der Waals surface area contributed by atoms with Gasteiger partial charge in [0.2, 0.25) is 11.7 Å². The first kappa shape index (κ1) is 16.1. The van der Waals surface area contributed by atoms with Crippen molar-refractivity contribution in [3.63, 3.8) is 0 Å². The molecule has 0 saturated heterocycles. The highest BCUT2D eigenvalue weighted by molar-refractivity contribution is 7.99. The van der Waals surface area contributed by atoms with Crippen LogP contribution < -0.4 is 21.8 Å². The standard InChI is InChI=1S/C13H13Cl2N7S/c1-6-10(23-9-4-3-7(14)5-8(9)15)11(16-2)18-12(17-6)13-19-21-22-20-13/h3-5,21-22H,1-2H3,(H,19,20)(H,16,17,18). The molecule has 1 aromatic carbocycles. The third-order valence-corrected chi connectivity index (χ3v) is 4.92. The molecule has 0 fully saturated rings. The fraction of sp³-hybridized carbons (Fsp3) is 0.154. The molecular formula is C13H13Cl2N7S. The van der Waals surface area contributed by atoms with Crippen LogP contribution in [-0.2, 0) is 0 Å². The predicted molar refractivity (Wildman–Crippen MR) is 92.8 cm³/mol.